The Hall–Kier alpha value is -1.93. The lowest BCUT2D eigenvalue weighted by atomic mass is 9.82. The van der Waals surface area contributed by atoms with Crippen molar-refractivity contribution in [2.45, 2.75) is 45.4 Å². The highest BCUT2D eigenvalue weighted by Gasteiger charge is 2.52. The average Bonchev–Trinajstić information content (AvgIpc) is 3.02. The molecule has 3 heterocycles. The van der Waals surface area contributed by atoms with E-state index in [1.807, 2.05) is 33.9 Å². The Morgan fingerprint density at radius 1 is 1.17 bits per heavy atom. The van der Waals surface area contributed by atoms with Crippen LogP contribution in [-0.4, -0.2) is 45.1 Å². The molecule has 122 valence electrons. The molecule has 1 fully saturated rings. The van der Waals surface area contributed by atoms with E-state index < -0.39 is 25.4 Å². The fraction of sp³-hybridized carbons (Fsp3) is 0.533. The van der Waals surface area contributed by atoms with Crippen LogP contribution in [0.25, 0.3) is 0 Å². The second-order valence-corrected chi connectivity index (χ2v) is 6.50. The lowest BCUT2D eigenvalue weighted by Crippen LogP contribution is -2.41. The molecule has 0 radical (unpaired) electrons. The van der Waals surface area contributed by atoms with Crippen molar-refractivity contribution in [2.75, 3.05) is 7.04 Å². The molecule has 2 aromatic rings. The largest absolute Gasteiger partial charge is 0.498 e. The van der Waals surface area contributed by atoms with Gasteiger partial charge in [-0.25, -0.2) is 9.97 Å². The Labute approximate surface area is 140 Å². The van der Waals surface area contributed by atoms with Gasteiger partial charge in [0.25, 0.3) is 0 Å². The van der Waals surface area contributed by atoms with Crippen molar-refractivity contribution in [3.8, 4) is 5.75 Å². The molecule has 1 aliphatic rings. The third kappa shape index (κ3) is 3.09. The number of methoxy groups -OCH3 is 1. The quantitative estimate of drug-likeness (QED) is 0.784. The van der Waals surface area contributed by atoms with Crippen LogP contribution in [0.1, 0.15) is 37.6 Å². The summed E-state index contributed by atoms with van der Waals surface area (Å²) in [6.07, 6.45) is 6.16. The third-order valence-corrected chi connectivity index (χ3v) is 4.28. The predicted molar refractivity (Wildman–Crippen MR) is 85.6 cm³/mol. The smallest absolute Gasteiger partial charge is 0.494 e. The molecule has 1 saturated heterocycles. The maximum atomic E-state index is 7.06. The van der Waals surface area contributed by atoms with Crippen LogP contribution in [0.2, 0.25) is 0 Å². The third-order valence-electron chi connectivity index (χ3n) is 4.28. The summed E-state index contributed by atoms with van der Waals surface area (Å²) in [6, 6.07) is 0. The van der Waals surface area contributed by atoms with Crippen LogP contribution in [0.4, 0.5) is 0 Å². The van der Waals surface area contributed by atoms with Gasteiger partial charge in [-0.1, -0.05) is 0 Å². The fourth-order valence-corrected chi connectivity index (χ4v) is 2.19. The monoisotopic (exact) mass is 319 g/mol. The highest BCUT2D eigenvalue weighted by Crippen LogP contribution is 2.36. The molecule has 0 aromatic carbocycles. The van der Waals surface area contributed by atoms with E-state index in [2.05, 4.69) is 15.1 Å². The Bertz CT molecular complexity index is 761. The molecule has 0 amide bonds. The van der Waals surface area contributed by atoms with Crippen molar-refractivity contribution in [1.29, 1.82) is 0 Å². The Kier molecular flexibility index (Phi) is 3.05. The number of ether oxygens (including phenoxy) is 1. The summed E-state index contributed by atoms with van der Waals surface area (Å²) >= 11 is 0. The average molecular weight is 319 g/mol. The number of nitrogens with zero attached hydrogens (tertiary/aromatic N) is 4. The first-order chi connectivity index (χ1) is 12.0. The van der Waals surface area contributed by atoms with Crippen LogP contribution in [0, 0.1) is 0 Å². The van der Waals surface area contributed by atoms with Crippen LogP contribution in [0.15, 0.2) is 24.8 Å². The number of hydrogen-bond acceptors (Lipinski definition) is 6. The maximum absolute atomic E-state index is 7.06. The number of hydrogen-bond donors (Lipinski definition) is 0. The maximum Gasteiger partial charge on any atom is 0.498 e. The summed E-state index contributed by atoms with van der Waals surface area (Å²) in [5, 5.41) is 4.29. The standard InChI is InChI=1S/C15H21BN4O3/c1-14(2)15(3,4)23-16(22-14)11-6-19-20(9-11)10-13-17-7-12(21-5)8-18-13/h6-9H,10H2,1-5H3/i5D3. The molecule has 7 nitrogen and oxygen atoms in total. The van der Waals surface area contributed by atoms with E-state index in [0.29, 0.717) is 12.4 Å². The van der Waals surface area contributed by atoms with Crippen LogP contribution in [0.3, 0.4) is 0 Å². The molecule has 0 bridgehead atoms. The van der Waals surface area contributed by atoms with E-state index in [1.54, 1.807) is 10.9 Å². The first-order valence-electron chi connectivity index (χ1n) is 8.83. The highest BCUT2D eigenvalue weighted by molar-refractivity contribution is 6.61. The summed E-state index contributed by atoms with van der Waals surface area (Å²) < 4.78 is 39.6. The Morgan fingerprint density at radius 2 is 1.83 bits per heavy atom. The fourth-order valence-electron chi connectivity index (χ4n) is 2.19. The molecule has 23 heavy (non-hydrogen) atoms. The summed E-state index contributed by atoms with van der Waals surface area (Å²) in [6.45, 7) is 8.30. The first-order valence-corrected chi connectivity index (χ1v) is 7.33. The van der Waals surface area contributed by atoms with Crippen molar-refractivity contribution in [3.05, 3.63) is 30.6 Å². The molecule has 2 aromatic heterocycles. The van der Waals surface area contributed by atoms with Crippen molar-refractivity contribution in [3.63, 3.8) is 0 Å². The van der Waals surface area contributed by atoms with E-state index in [-0.39, 0.29) is 5.75 Å². The normalized spacial score (nSPS) is 21.6. The van der Waals surface area contributed by atoms with Gasteiger partial charge in [-0.3, -0.25) is 4.68 Å². The molecule has 0 saturated carbocycles. The molecule has 0 spiro atoms. The van der Waals surface area contributed by atoms with Gasteiger partial charge in [0.05, 0.1) is 34.7 Å². The molecule has 3 rings (SSSR count). The minimum Gasteiger partial charge on any atom is -0.494 e. The predicted octanol–water partition coefficient (Wildman–Crippen LogP) is 1.03. The summed E-state index contributed by atoms with van der Waals surface area (Å²) in [7, 11) is -3.00. The van der Waals surface area contributed by atoms with Gasteiger partial charge in [0, 0.05) is 17.9 Å². The van der Waals surface area contributed by atoms with Gasteiger partial charge in [0.15, 0.2) is 5.75 Å². The van der Waals surface area contributed by atoms with Crippen molar-refractivity contribution in [1.82, 2.24) is 19.7 Å². The number of rotatable bonds is 4. The molecule has 0 N–H and O–H groups in total. The van der Waals surface area contributed by atoms with E-state index in [9.17, 15) is 0 Å². The topological polar surface area (TPSA) is 71.3 Å². The first kappa shape index (κ1) is 12.5. The summed E-state index contributed by atoms with van der Waals surface area (Å²) in [4.78, 5) is 8.20. The summed E-state index contributed by atoms with van der Waals surface area (Å²) in [5.41, 5.74) is -0.0193. The van der Waals surface area contributed by atoms with Gasteiger partial charge in [0.2, 0.25) is 0 Å². The Balaban J connectivity index is 1.66. The van der Waals surface area contributed by atoms with E-state index in [0.717, 1.165) is 5.46 Å². The molecule has 1 aliphatic heterocycles. The highest BCUT2D eigenvalue weighted by atomic mass is 16.7. The molecular formula is C15H21BN4O3. The lowest BCUT2D eigenvalue weighted by Gasteiger charge is -2.32. The van der Waals surface area contributed by atoms with Crippen LogP contribution in [0.5, 0.6) is 5.75 Å². The Morgan fingerprint density at radius 3 is 2.43 bits per heavy atom. The molecule has 0 aliphatic carbocycles. The zero-order valence-electron chi connectivity index (χ0n) is 16.6. The van der Waals surface area contributed by atoms with Crippen molar-refractivity contribution < 1.29 is 18.2 Å². The van der Waals surface area contributed by atoms with E-state index in [1.165, 1.54) is 12.4 Å². The zero-order chi connectivity index (χ0) is 19.2. The lowest BCUT2D eigenvalue weighted by molar-refractivity contribution is 0.00578. The second-order valence-electron chi connectivity index (χ2n) is 6.50. The van der Waals surface area contributed by atoms with Gasteiger partial charge in [-0.05, 0) is 27.7 Å². The van der Waals surface area contributed by atoms with Gasteiger partial charge in [0.1, 0.15) is 12.4 Å². The minimum absolute atomic E-state index is 0.0899. The SMILES string of the molecule is [2H]C([2H])([2H])Oc1cnc(Cn2cc(B3OC(C)(C)C(C)(C)O3)cn2)nc1. The van der Waals surface area contributed by atoms with Gasteiger partial charge in [-0.2, -0.15) is 5.10 Å². The van der Waals surface area contributed by atoms with Crippen LogP contribution >= 0.6 is 0 Å². The molecule has 0 unspecified atom stereocenters. The van der Waals surface area contributed by atoms with Crippen LogP contribution < -0.4 is 10.2 Å². The summed E-state index contributed by atoms with van der Waals surface area (Å²) in [5.74, 6) is 0.568. The second kappa shape index (κ2) is 5.61. The van der Waals surface area contributed by atoms with Crippen molar-refractivity contribution in [2.24, 2.45) is 0 Å². The van der Waals surface area contributed by atoms with E-state index in [4.69, 9.17) is 18.2 Å². The van der Waals surface area contributed by atoms with Crippen LogP contribution in [-0.2, 0) is 15.9 Å². The molecular weight excluding hydrogens is 295 g/mol. The van der Waals surface area contributed by atoms with Gasteiger partial charge < -0.3 is 14.0 Å². The molecule has 8 heteroatoms. The van der Waals surface area contributed by atoms with Gasteiger partial charge in [-0.15, -0.1) is 0 Å². The molecule has 0 atom stereocenters. The van der Waals surface area contributed by atoms with E-state index >= 15 is 0 Å². The number of aromatic nitrogens is 4. The zero-order valence-corrected chi connectivity index (χ0v) is 13.6. The minimum atomic E-state index is -2.52. The van der Waals surface area contributed by atoms with Crippen molar-refractivity contribution >= 4 is 12.6 Å². The van der Waals surface area contributed by atoms with Gasteiger partial charge >= 0.3 is 7.12 Å².